The number of fused-ring (bicyclic) bond motifs is 3. The number of Topliss-reactive ketones (excluding diaryl/α,β-unsaturated/α-hetero) is 1. The molecule has 2 aromatic rings. The number of hydrogen-bond acceptors (Lipinski definition) is 5. The molecule has 4 unspecified atom stereocenters. The Balaban J connectivity index is 1.64. The van der Waals surface area contributed by atoms with Crippen molar-refractivity contribution in [3.05, 3.63) is 59.7 Å². The summed E-state index contributed by atoms with van der Waals surface area (Å²) in [5.74, 6) is -0.278. The van der Waals surface area contributed by atoms with Crippen LogP contribution in [0.15, 0.2) is 58.5 Å². The number of nitrogens with zero attached hydrogens (tertiary/aromatic N) is 2. The molecule has 0 aliphatic carbocycles. The fraction of sp³-hybridized carbons (Fsp3) is 0.385. The highest BCUT2D eigenvalue weighted by Crippen LogP contribution is 2.40. The first-order chi connectivity index (χ1) is 15.4. The average molecular weight is 448 g/mol. The smallest absolute Gasteiger partial charge is 0.237 e. The lowest BCUT2D eigenvalue weighted by molar-refractivity contribution is -0.120. The van der Waals surface area contributed by atoms with Crippen LogP contribution in [0.2, 0.25) is 0 Å². The summed E-state index contributed by atoms with van der Waals surface area (Å²) in [5, 5.41) is 3.38. The fourth-order valence-corrected chi connectivity index (χ4v) is 5.29. The predicted molar refractivity (Wildman–Crippen MR) is 133 cm³/mol. The van der Waals surface area contributed by atoms with Crippen molar-refractivity contribution in [2.45, 2.75) is 51.8 Å². The third-order valence-corrected chi connectivity index (χ3v) is 7.70. The van der Waals surface area contributed by atoms with Crippen LogP contribution in [0.3, 0.4) is 0 Å². The SMILES string of the molecule is CCC(SC1=Nc2ccccc2C2=NC(C(C)CC)C(=O)C12)C(=O)Nc1ccccc1C. The van der Waals surface area contributed by atoms with Crippen LogP contribution < -0.4 is 5.32 Å². The molecule has 166 valence electrons. The number of benzene rings is 2. The number of aryl methyl sites for hydroxylation is 1. The van der Waals surface area contributed by atoms with E-state index >= 15 is 0 Å². The molecule has 2 heterocycles. The minimum absolute atomic E-state index is 0.0734. The van der Waals surface area contributed by atoms with Crippen LogP contribution in [0.25, 0.3) is 0 Å². The summed E-state index contributed by atoms with van der Waals surface area (Å²) >= 11 is 1.40. The van der Waals surface area contributed by atoms with Gasteiger partial charge in [-0.3, -0.25) is 14.6 Å². The van der Waals surface area contributed by atoms with Crippen molar-refractivity contribution in [1.82, 2.24) is 0 Å². The quantitative estimate of drug-likeness (QED) is 0.627. The van der Waals surface area contributed by atoms with E-state index < -0.39 is 5.92 Å². The predicted octanol–water partition coefficient (Wildman–Crippen LogP) is 5.59. The number of aliphatic imine (C=N–C) groups is 2. The minimum Gasteiger partial charge on any atom is -0.325 e. The Labute approximate surface area is 193 Å². The standard InChI is InChI=1S/C26H29N3O2S/c1-5-15(3)22-24(30)21-23(29-22)17-12-8-10-14-19(17)28-26(21)32-20(6-2)25(31)27-18-13-9-7-11-16(18)4/h7-15,20-22H,5-6H2,1-4H3,(H,27,31). The van der Waals surface area contributed by atoms with Gasteiger partial charge in [-0.05, 0) is 37.0 Å². The first-order valence-corrected chi connectivity index (χ1v) is 12.1. The Morgan fingerprint density at radius 2 is 1.81 bits per heavy atom. The van der Waals surface area contributed by atoms with Crippen molar-refractivity contribution in [2.24, 2.45) is 21.8 Å². The number of nitrogens with one attached hydrogen (secondary N) is 1. The van der Waals surface area contributed by atoms with E-state index in [1.54, 1.807) is 0 Å². The normalized spacial score (nSPS) is 21.2. The van der Waals surface area contributed by atoms with Crippen LogP contribution in [0, 0.1) is 18.8 Å². The Morgan fingerprint density at radius 1 is 1.09 bits per heavy atom. The molecule has 0 aromatic heterocycles. The Hall–Kier alpha value is -2.73. The number of carbonyl (C=O) groups is 2. The molecule has 0 bridgehead atoms. The lowest BCUT2D eigenvalue weighted by atomic mass is 9.88. The highest BCUT2D eigenvalue weighted by Gasteiger charge is 2.46. The van der Waals surface area contributed by atoms with E-state index in [2.05, 4.69) is 19.2 Å². The maximum Gasteiger partial charge on any atom is 0.237 e. The fourth-order valence-electron chi connectivity index (χ4n) is 4.15. The zero-order valence-electron chi connectivity index (χ0n) is 19.0. The van der Waals surface area contributed by atoms with Crippen LogP contribution in [0.5, 0.6) is 0 Å². The van der Waals surface area contributed by atoms with Crippen LogP contribution in [0.1, 0.15) is 44.7 Å². The third-order valence-electron chi connectivity index (χ3n) is 6.30. The van der Waals surface area contributed by atoms with Gasteiger partial charge in [-0.15, -0.1) is 0 Å². The molecule has 4 rings (SSSR count). The highest BCUT2D eigenvalue weighted by atomic mass is 32.2. The van der Waals surface area contributed by atoms with Crippen LogP contribution in [0.4, 0.5) is 11.4 Å². The van der Waals surface area contributed by atoms with Crippen molar-refractivity contribution in [2.75, 3.05) is 5.32 Å². The van der Waals surface area contributed by atoms with Crippen LogP contribution >= 0.6 is 11.8 Å². The highest BCUT2D eigenvalue weighted by molar-refractivity contribution is 8.15. The van der Waals surface area contributed by atoms with E-state index in [4.69, 9.17) is 9.98 Å². The first kappa shape index (κ1) is 22.5. The van der Waals surface area contributed by atoms with Gasteiger partial charge in [0.1, 0.15) is 12.0 Å². The third kappa shape index (κ3) is 4.16. The zero-order chi connectivity index (χ0) is 22.8. The second-order valence-electron chi connectivity index (χ2n) is 8.47. The molecule has 2 aliphatic heterocycles. The molecule has 5 nitrogen and oxygen atoms in total. The molecular formula is C26H29N3O2S. The number of para-hydroxylation sites is 2. The molecule has 0 fully saturated rings. The average Bonchev–Trinajstić information content (AvgIpc) is 3.16. The van der Waals surface area contributed by atoms with E-state index in [0.29, 0.717) is 11.5 Å². The molecule has 0 spiro atoms. The molecule has 1 N–H and O–H groups in total. The summed E-state index contributed by atoms with van der Waals surface area (Å²) in [6, 6.07) is 15.2. The largest absolute Gasteiger partial charge is 0.325 e. The lowest BCUT2D eigenvalue weighted by Gasteiger charge is -2.24. The van der Waals surface area contributed by atoms with Crippen LogP contribution in [-0.2, 0) is 9.59 Å². The van der Waals surface area contributed by atoms with Gasteiger partial charge in [0.2, 0.25) is 5.91 Å². The molecule has 0 saturated heterocycles. The van der Waals surface area contributed by atoms with E-state index in [1.807, 2.05) is 62.4 Å². The van der Waals surface area contributed by atoms with E-state index in [1.165, 1.54) is 11.8 Å². The summed E-state index contributed by atoms with van der Waals surface area (Å²) in [6.45, 7) is 8.12. The monoisotopic (exact) mass is 447 g/mol. The second kappa shape index (κ2) is 9.41. The molecule has 1 amide bonds. The molecular weight excluding hydrogens is 418 g/mol. The number of carbonyl (C=O) groups excluding carboxylic acids is 2. The topological polar surface area (TPSA) is 70.9 Å². The molecule has 4 atom stereocenters. The summed E-state index contributed by atoms with van der Waals surface area (Å²) in [7, 11) is 0. The van der Waals surface area contributed by atoms with Gasteiger partial charge in [0.25, 0.3) is 0 Å². The molecule has 0 saturated carbocycles. The lowest BCUT2D eigenvalue weighted by Crippen LogP contribution is -2.36. The number of rotatable bonds is 6. The van der Waals surface area contributed by atoms with Gasteiger partial charge in [0, 0.05) is 11.3 Å². The molecule has 2 aliphatic rings. The number of hydrogen-bond donors (Lipinski definition) is 1. The molecule has 0 radical (unpaired) electrons. The Morgan fingerprint density at radius 3 is 2.53 bits per heavy atom. The van der Waals surface area contributed by atoms with Crippen molar-refractivity contribution in [1.29, 1.82) is 0 Å². The van der Waals surface area contributed by atoms with Crippen molar-refractivity contribution in [3.8, 4) is 0 Å². The van der Waals surface area contributed by atoms with Crippen LogP contribution in [-0.4, -0.2) is 33.7 Å². The van der Waals surface area contributed by atoms with Gasteiger partial charge >= 0.3 is 0 Å². The van der Waals surface area contributed by atoms with Gasteiger partial charge in [-0.25, -0.2) is 4.99 Å². The van der Waals surface area contributed by atoms with Crippen molar-refractivity contribution in [3.63, 3.8) is 0 Å². The summed E-state index contributed by atoms with van der Waals surface area (Å²) in [6.07, 6.45) is 1.52. The van der Waals surface area contributed by atoms with E-state index in [9.17, 15) is 9.59 Å². The van der Waals surface area contributed by atoms with Gasteiger partial charge in [-0.2, -0.15) is 0 Å². The maximum absolute atomic E-state index is 13.4. The van der Waals surface area contributed by atoms with Gasteiger partial charge < -0.3 is 5.32 Å². The summed E-state index contributed by atoms with van der Waals surface area (Å²) < 4.78 is 0. The van der Waals surface area contributed by atoms with Crippen molar-refractivity contribution < 1.29 is 9.59 Å². The first-order valence-electron chi connectivity index (χ1n) is 11.3. The van der Waals surface area contributed by atoms with Gasteiger partial charge in [0.05, 0.1) is 21.7 Å². The Kier molecular flexibility index (Phi) is 6.60. The summed E-state index contributed by atoms with van der Waals surface area (Å²) in [5.41, 5.74) is 4.38. The second-order valence-corrected chi connectivity index (χ2v) is 9.69. The maximum atomic E-state index is 13.4. The van der Waals surface area contributed by atoms with Crippen molar-refractivity contribution >= 4 is 45.6 Å². The van der Waals surface area contributed by atoms with Gasteiger partial charge in [-0.1, -0.05) is 75.4 Å². The number of ketones is 1. The van der Waals surface area contributed by atoms with E-state index in [-0.39, 0.29) is 28.9 Å². The number of anilines is 1. The molecule has 6 heteroatoms. The Bertz CT molecular complexity index is 1110. The van der Waals surface area contributed by atoms with Gasteiger partial charge in [0.15, 0.2) is 5.78 Å². The number of thioether (sulfide) groups is 1. The minimum atomic E-state index is -0.478. The number of amides is 1. The van der Waals surface area contributed by atoms with E-state index in [0.717, 1.165) is 34.6 Å². The zero-order valence-corrected chi connectivity index (χ0v) is 19.8. The summed E-state index contributed by atoms with van der Waals surface area (Å²) in [4.78, 5) is 36.3. The molecule has 32 heavy (non-hydrogen) atoms. The molecule has 2 aromatic carbocycles.